The van der Waals surface area contributed by atoms with Crippen molar-refractivity contribution in [2.24, 2.45) is 10.9 Å². The molecule has 0 aromatic heterocycles. The Hall–Kier alpha value is -2.28. The minimum Gasteiger partial charge on any atom is -0.463 e. The Morgan fingerprint density at radius 3 is 2.84 bits per heavy atom. The largest absolute Gasteiger partial charge is 0.463 e. The molecular formula is C25H33N3O3S. The molecule has 32 heavy (non-hydrogen) atoms. The average Bonchev–Trinajstić information content (AvgIpc) is 3.31. The Morgan fingerprint density at radius 2 is 2.06 bits per heavy atom. The third-order valence-corrected chi connectivity index (χ3v) is 7.57. The van der Waals surface area contributed by atoms with Crippen LogP contribution < -0.4 is 5.32 Å². The number of carbonyl (C=O) groups is 2. The summed E-state index contributed by atoms with van der Waals surface area (Å²) in [6.07, 6.45) is 7.66. The van der Waals surface area contributed by atoms with Crippen molar-refractivity contribution in [1.29, 1.82) is 0 Å². The van der Waals surface area contributed by atoms with Crippen LogP contribution in [-0.2, 0) is 14.3 Å². The minimum atomic E-state index is -0.320. The number of anilines is 1. The lowest BCUT2D eigenvalue weighted by Crippen LogP contribution is -2.42. The lowest BCUT2D eigenvalue weighted by Gasteiger charge is -2.40. The summed E-state index contributed by atoms with van der Waals surface area (Å²) in [5.41, 5.74) is 3.03. The molecule has 1 saturated heterocycles. The molecule has 2 aliphatic heterocycles. The van der Waals surface area contributed by atoms with Crippen LogP contribution in [0.5, 0.6) is 0 Å². The molecule has 172 valence electrons. The highest BCUT2D eigenvalue weighted by Crippen LogP contribution is 2.40. The van der Waals surface area contributed by atoms with Gasteiger partial charge in [0.15, 0.2) is 5.17 Å². The van der Waals surface area contributed by atoms with Gasteiger partial charge in [0.05, 0.1) is 23.9 Å². The first kappa shape index (κ1) is 22.9. The topological polar surface area (TPSA) is 71.0 Å². The summed E-state index contributed by atoms with van der Waals surface area (Å²) in [5, 5.41) is 4.03. The van der Waals surface area contributed by atoms with E-state index < -0.39 is 0 Å². The van der Waals surface area contributed by atoms with E-state index in [1.807, 2.05) is 38.1 Å². The molecule has 0 unspecified atom stereocenters. The minimum absolute atomic E-state index is 0.0609. The molecule has 7 heteroatoms. The number of allylic oxidation sites excluding steroid dienone is 1. The van der Waals surface area contributed by atoms with E-state index in [4.69, 9.17) is 9.73 Å². The second kappa shape index (κ2) is 10.6. The van der Waals surface area contributed by atoms with Crippen LogP contribution in [0.25, 0.3) is 0 Å². The van der Waals surface area contributed by atoms with E-state index in [9.17, 15) is 9.59 Å². The van der Waals surface area contributed by atoms with Gasteiger partial charge in [-0.2, -0.15) is 0 Å². The molecule has 1 amide bonds. The number of aliphatic imine (C=N–C) groups is 1. The average molecular weight is 456 g/mol. The highest BCUT2D eigenvalue weighted by Gasteiger charge is 2.38. The van der Waals surface area contributed by atoms with E-state index >= 15 is 0 Å². The van der Waals surface area contributed by atoms with Crippen molar-refractivity contribution in [3.8, 4) is 0 Å². The number of thioether (sulfide) groups is 1. The van der Waals surface area contributed by atoms with Crippen molar-refractivity contribution >= 4 is 34.5 Å². The zero-order valence-corrected chi connectivity index (χ0v) is 19.9. The van der Waals surface area contributed by atoms with Crippen molar-refractivity contribution < 1.29 is 14.3 Å². The third kappa shape index (κ3) is 5.20. The molecule has 0 bridgehead atoms. The number of nitrogens with zero attached hydrogens (tertiary/aromatic N) is 2. The molecule has 3 aliphatic rings. The molecule has 1 saturated carbocycles. The quantitative estimate of drug-likeness (QED) is 0.566. The molecule has 1 N–H and O–H groups in total. The van der Waals surface area contributed by atoms with Crippen molar-refractivity contribution in [1.82, 2.24) is 4.90 Å². The molecular weight excluding hydrogens is 422 g/mol. The standard InChI is InChI=1S/C25H33N3O3S/c1-3-31-24(30)22-17(2)26-25-28(14-7-15-32-25)23(22)19-10-6-11-20(16-19)27-21(29)13-12-18-8-4-5-9-18/h6,10-11,16,18,23H,3-5,7-9,12-15H2,1-2H3,(H,27,29)/t23-/m1/s1. The second-order valence-electron chi connectivity index (χ2n) is 8.77. The summed E-state index contributed by atoms with van der Waals surface area (Å²) in [4.78, 5) is 32.4. The number of nitrogens with one attached hydrogen (secondary N) is 1. The zero-order valence-electron chi connectivity index (χ0n) is 19.1. The van der Waals surface area contributed by atoms with Crippen LogP contribution in [0.3, 0.4) is 0 Å². The first-order chi connectivity index (χ1) is 15.6. The Bertz CT molecular complexity index is 921. The highest BCUT2D eigenvalue weighted by atomic mass is 32.2. The Labute approximate surface area is 194 Å². The molecule has 0 spiro atoms. The fourth-order valence-corrected chi connectivity index (χ4v) is 5.95. The molecule has 2 heterocycles. The van der Waals surface area contributed by atoms with E-state index in [0.717, 1.165) is 41.6 Å². The second-order valence-corrected chi connectivity index (χ2v) is 9.84. The van der Waals surface area contributed by atoms with Crippen LogP contribution in [0.15, 0.2) is 40.5 Å². The number of fused-ring (bicyclic) bond motifs is 1. The molecule has 4 rings (SSSR count). The zero-order chi connectivity index (χ0) is 22.5. The van der Waals surface area contributed by atoms with E-state index in [-0.39, 0.29) is 17.9 Å². The number of esters is 1. The van der Waals surface area contributed by atoms with Crippen LogP contribution in [-0.4, -0.2) is 40.8 Å². The normalized spacial score (nSPS) is 21.2. The summed E-state index contributed by atoms with van der Waals surface area (Å²) < 4.78 is 5.39. The van der Waals surface area contributed by atoms with Crippen molar-refractivity contribution in [3.63, 3.8) is 0 Å². The number of amides is 1. The molecule has 1 aliphatic carbocycles. The van der Waals surface area contributed by atoms with Gasteiger partial charge in [0.2, 0.25) is 5.91 Å². The summed E-state index contributed by atoms with van der Waals surface area (Å²) in [7, 11) is 0. The van der Waals surface area contributed by atoms with E-state index in [1.54, 1.807) is 11.8 Å². The fourth-order valence-electron chi connectivity index (χ4n) is 4.93. The number of rotatable bonds is 7. The van der Waals surface area contributed by atoms with Crippen LogP contribution in [0.4, 0.5) is 5.69 Å². The van der Waals surface area contributed by atoms with Gasteiger partial charge in [0.1, 0.15) is 0 Å². The van der Waals surface area contributed by atoms with E-state index in [0.29, 0.717) is 30.2 Å². The maximum atomic E-state index is 12.9. The van der Waals surface area contributed by atoms with Crippen molar-refractivity contribution in [2.75, 3.05) is 24.2 Å². The molecule has 1 atom stereocenters. The maximum absolute atomic E-state index is 12.9. The van der Waals surface area contributed by atoms with E-state index in [1.165, 1.54) is 25.7 Å². The van der Waals surface area contributed by atoms with Gasteiger partial charge in [-0.1, -0.05) is 49.6 Å². The first-order valence-corrected chi connectivity index (χ1v) is 12.8. The van der Waals surface area contributed by atoms with Crippen LogP contribution in [0.1, 0.15) is 70.4 Å². The van der Waals surface area contributed by atoms with E-state index in [2.05, 4.69) is 10.2 Å². The van der Waals surface area contributed by atoms with Gasteiger partial charge in [-0.3, -0.25) is 4.79 Å². The lowest BCUT2D eigenvalue weighted by molar-refractivity contribution is -0.139. The molecule has 6 nitrogen and oxygen atoms in total. The summed E-state index contributed by atoms with van der Waals surface area (Å²) in [6.45, 7) is 4.86. The Balaban J connectivity index is 1.55. The number of hydrogen-bond acceptors (Lipinski definition) is 6. The van der Waals surface area contributed by atoms with Gasteiger partial charge in [-0.15, -0.1) is 0 Å². The Kier molecular flexibility index (Phi) is 7.55. The van der Waals surface area contributed by atoms with Crippen LogP contribution >= 0.6 is 11.8 Å². The number of ether oxygens (including phenoxy) is 1. The first-order valence-electron chi connectivity index (χ1n) is 11.8. The summed E-state index contributed by atoms with van der Waals surface area (Å²) >= 11 is 1.73. The van der Waals surface area contributed by atoms with Crippen LogP contribution in [0.2, 0.25) is 0 Å². The summed E-state index contributed by atoms with van der Waals surface area (Å²) in [5.74, 6) is 1.47. The Morgan fingerprint density at radius 1 is 1.25 bits per heavy atom. The monoisotopic (exact) mass is 455 g/mol. The highest BCUT2D eigenvalue weighted by molar-refractivity contribution is 8.13. The van der Waals surface area contributed by atoms with Crippen molar-refractivity contribution in [2.45, 2.75) is 64.8 Å². The number of carbonyl (C=O) groups excluding carboxylic acids is 2. The van der Waals surface area contributed by atoms with Gasteiger partial charge in [-0.25, -0.2) is 9.79 Å². The lowest BCUT2D eigenvalue weighted by atomic mass is 9.94. The maximum Gasteiger partial charge on any atom is 0.338 e. The van der Waals surface area contributed by atoms with Gasteiger partial charge in [0, 0.05) is 24.4 Å². The van der Waals surface area contributed by atoms with Crippen LogP contribution in [0, 0.1) is 5.92 Å². The number of amidine groups is 1. The predicted octanol–water partition coefficient (Wildman–Crippen LogP) is 5.28. The molecule has 1 aromatic rings. The van der Waals surface area contributed by atoms with Gasteiger partial charge < -0.3 is 15.0 Å². The van der Waals surface area contributed by atoms with Gasteiger partial charge in [0.25, 0.3) is 0 Å². The summed E-state index contributed by atoms with van der Waals surface area (Å²) in [6, 6.07) is 7.62. The molecule has 0 radical (unpaired) electrons. The molecule has 1 aromatic carbocycles. The predicted molar refractivity (Wildman–Crippen MR) is 130 cm³/mol. The van der Waals surface area contributed by atoms with Gasteiger partial charge >= 0.3 is 5.97 Å². The van der Waals surface area contributed by atoms with Crippen molar-refractivity contribution in [3.05, 3.63) is 41.1 Å². The third-order valence-electron chi connectivity index (χ3n) is 6.49. The smallest absolute Gasteiger partial charge is 0.338 e. The number of benzene rings is 1. The SMILES string of the molecule is CCOC(=O)C1=C(C)N=C2SCCCN2[C@@H]1c1cccc(NC(=O)CCC2CCCC2)c1. The fraction of sp³-hybridized carbons (Fsp3) is 0.560. The number of hydrogen-bond donors (Lipinski definition) is 1. The van der Waals surface area contributed by atoms with Gasteiger partial charge in [-0.05, 0) is 50.3 Å². The molecule has 2 fully saturated rings.